The number of amides is 1. The largest absolute Gasteiger partial charge is 0.364 e. The minimum atomic E-state index is -0.0618. The maximum atomic E-state index is 12.1. The number of nitrogens with one attached hydrogen (secondary N) is 2. The van der Waals surface area contributed by atoms with Crippen molar-refractivity contribution in [3.63, 3.8) is 0 Å². The van der Waals surface area contributed by atoms with Crippen molar-refractivity contribution in [1.29, 1.82) is 5.26 Å². The highest BCUT2D eigenvalue weighted by Gasteiger charge is 2.13. The standard InChI is InChI=1S/C24H23ClN4O/c1-3-6-22(30)29-23-16(2)21(25)15-28-24(23)27-14-17-9-11-18(12-10-17)20-8-5-4-7-19(20)13-26/h4-5,7-12,15H,3,6,14H2,1-2H3,(H,27,28)(H,29,30). The highest BCUT2D eigenvalue weighted by Crippen LogP contribution is 2.30. The van der Waals surface area contributed by atoms with E-state index in [1.807, 2.05) is 62.4 Å². The van der Waals surface area contributed by atoms with Gasteiger partial charge in [0.2, 0.25) is 5.91 Å². The summed E-state index contributed by atoms with van der Waals surface area (Å²) in [6.07, 6.45) is 2.79. The van der Waals surface area contributed by atoms with Crippen LogP contribution in [0.1, 0.15) is 36.5 Å². The Balaban J connectivity index is 1.77. The van der Waals surface area contributed by atoms with Crippen molar-refractivity contribution in [2.24, 2.45) is 0 Å². The Bertz CT molecular complexity index is 1090. The Labute approximate surface area is 181 Å². The van der Waals surface area contributed by atoms with E-state index in [1.165, 1.54) is 0 Å². The number of pyridine rings is 1. The van der Waals surface area contributed by atoms with Gasteiger partial charge in [-0.15, -0.1) is 0 Å². The zero-order valence-corrected chi connectivity index (χ0v) is 17.8. The smallest absolute Gasteiger partial charge is 0.224 e. The number of carbonyl (C=O) groups excluding carboxylic acids is 1. The monoisotopic (exact) mass is 418 g/mol. The second kappa shape index (κ2) is 9.91. The van der Waals surface area contributed by atoms with E-state index in [2.05, 4.69) is 21.7 Å². The molecule has 6 heteroatoms. The zero-order valence-electron chi connectivity index (χ0n) is 17.0. The van der Waals surface area contributed by atoms with Gasteiger partial charge in [-0.25, -0.2) is 4.98 Å². The van der Waals surface area contributed by atoms with Crippen LogP contribution in [0.25, 0.3) is 11.1 Å². The summed E-state index contributed by atoms with van der Waals surface area (Å²) >= 11 is 6.20. The van der Waals surface area contributed by atoms with Crippen molar-refractivity contribution in [3.8, 4) is 17.2 Å². The van der Waals surface area contributed by atoms with Crippen LogP contribution >= 0.6 is 11.6 Å². The first-order chi connectivity index (χ1) is 14.5. The molecule has 0 radical (unpaired) electrons. The molecule has 0 aliphatic rings. The molecule has 1 heterocycles. The highest BCUT2D eigenvalue weighted by atomic mass is 35.5. The van der Waals surface area contributed by atoms with E-state index in [0.29, 0.717) is 35.1 Å². The van der Waals surface area contributed by atoms with Gasteiger partial charge >= 0.3 is 0 Å². The molecule has 0 spiro atoms. The van der Waals surface area contributed by atoms with Crippen molar-refractivity contribution in [3.05, 3.63) is 76.4 Å². The van der Waals surface area contributed by atoms with Crippen molar-refractivity contribution in [2.45, 2.75) is 33.2 Å². The molecule has 0 saturated carbocycles. The molecule has 0 aliphatic carbocycles. The summed E-state index contributed by atoms with van der Waals surface area (Å²) in [6, 6.07) is 17.8. The van der Waals surface area contributed by atoms with Crippen LogP contribution in [-0.2, 0) is 11.3 Å². The van der Waals surface area contributed by atoms with E-state index in [4.69, 9.17) is 11.6 Å². The Morgan fingerprint density at radius 1 is 1.17 bits per heavy atom. The number of hydrogen-bond donors (Lipinski definition) is 2. The third-order valence-electron chi connectivity index (χ3n) is 4.79. The van der Waals surface area contributed by atoms with Gasteiger partial charge in [0.1, 0.15) is 5.82 Å². The number of benzene rings is 2. The molecular weight excluding hydrogens is 396 g/mol. The maximum absolute atomic E-state index is 12.1. The van der Waals surface area contributed by atoms with Crippen LogP contribution in [0.5, 0.6) is 0 Å². The van der Waals surface area contributed by atoms with Crippen LogP contribution in [0.2, 0.25) is 5.02 Å². The first-order valence-electron chi connectivity index (χ1n) is 9.80. The van der Waals surface area contributed by atoms with Gasteiger partial charge in [0.25, 0.3) is 0 Å². The maximum Gasteiger partial charge on any atom is 0.224 e. The minimum Gasteiger partial charge on any atom is -0.364 e. The number of nitrogens with zero attached hydrogens (tertiary/aromatic N) is 2. The first kappa shape index (κ1) is 21.4. The molecule has 3 aromatic rings. The molecule has 0 saturated heterocycles. The SMILES string of the molecule is CCCC(=O)Nc1c(NCc2ccc(-c3ccccc3C#N)cc2)ncc(Cl)c1C. The fourth-order valence-corrected chi connectivity index (χ4v) is 3.26. The van der Waals surface area contributed by atoms with E-state index < -0.39 is 0 Å². The highest BCUT2D eigenvalue weighted by molar-refractivity contribution is 6.31. The molecular formula is C24H23ClN4O. The number of anilines is 2. The lowest BCUT2D eigenvalue weighted by atomic mass is 9.99. The van der Waals surface area contributed by atoms with Gasteiger partial charge in [-0.05, 0) is 41.7 Å². The topological polar surface area (TPSA) is 77.8 Å². The Morgan fingerprint density at radius 2 is 1.90 bits per heavy atom. The summed E-state index contributed by atoms with van der Waals surface area (Å²) in [5, 5.41) is 16.0. The lowest BCUT2D eigenvalue weighted by molar-refractivity contribution is -0.116. The van der Waals surface area contributed by atoms with Crippen molar-refractivity contribution in [2.75, 3.05) is 10.6 Å². The molecule has 0 aliphatic heterocycles. The molecule has 5 nitrogen and oxygen atoms in total. The Hall–Kier alpha value is -3.36. The lowest BCUT2D eigenvalue weighted by Gasteiger charge is -2.15. The minimum absolute atomic E-state index is 0.0618. The van der Waals surface area contributed by atoms with Gasteiger partial charge in [0, 0.05) is 19.2 Å². The summed E-state index contributed by atoms with van der Waals surface area (Å²) in [7, 11) is 0. The molecule has 1 amide bonds. The number of halogens is 1. The van der Waals surface area contributed by atoms with Gasteiger partial charge in [0.15, 0.2) is 0 Å². The quantitative estimate of drug-likeness (QED) is 0.498. The summed E-state index contributed by atoms with van der Waals surface area (Å²) in [6.45, 7) is 4.35. The van der Waals surface area contributed by atoms with Gasteiger partial charge in [0.05, 0.1) is 22.3 Å². The third-order valence-corrected chi connectivity index (χ3v) is 5.17. The Kier molecular flexibility index (Phi) is 7.05. The van der Waals surface area contributed by atoms with Crippen LogP contribution < -0.4 is 10.6 Å². The fourth-order valence-electron chi connectivity index (χ4n) is 3.12. The molecule has 0 fully saturated rings. The molecule has 152 valence electrons. The number of nitriles is 1. The van der Waals surface area contributed by atoms with Gasteiger partial charge in [-0.1, -0.05) is 61.0 Å². The molecule has 0 bridgehead atoms. The van der Waals surface area contributed by atoms with E-state index >= 15 is 0 Å². The molecule has 2 aromatic carbocycles. The predicted molar refractivity (Wildman–Crippen MR) is 121 cm³/mol. The Morgan fingerprint density at radius 3 is 2.60 bits per heavy atom. The summed E-state index contributed by atoms with van der Waals surface area (Å²) < 4.78 is 0. The van der Waals surface area contributed by atoms with Crippen LogP contribution in [0, 0.1) is 18.3 Å². The number of hydrogen-bond acceptors (Lipinski definition) is 4. The first-order valence-corrected chi connectivity index (χ1v) is 10.2. The van der Waals surface area contributed by atoms with Crippen LogP contribution in [0.15, 0.2) is 54.7 Å². The average molecular weight is 419 g/mol. The predicted octanol–water partition coefficient (Wildman–Crippen LogP) is 5.93. The molecule has 0 unspecified atom stereocenters. The van der Waals surface area contributed by atoms with Crippen LogP contribution in [0.4, 0.5) is 11.5 Å². The second-order valence-corrected chi connectivity index (χ2v) is 7.37. The lowest BCUT2D eigenvalue weighted by Crippen LogP contribution is -2.15. The number of carbonyl (C=O) groups is 1. The van der Waals surface area contributed by atoms with Crippen molar-refractivity contribution >= 4 is 29.0 Å². The molecule has 0 atom stereocenters. The van der Waals surface area contributed by atoms with Crippen molar-refractivity contribution < 1.29 is 4.79 Å². The second-order valence-electron chi connectivity index (χ2n) is 6.96. The molecule has 2 N–H and O–H groups in total. The van der Waals surface area contributed by atoms with E-state index in [1.54, 1.807) is 6.20 Å². The van der Waals surface area contributed by atoms with Crippen molar-refractivity contribution in [1.82, 2.24) is 4.98 Å². The number of rotatable bonds is 7. The molecule has 3 rings (SSSR count). The van der Waals surface area contributed by atoms with E-state index in [9.17, 15) is 10.1 Å². The van der Waals surface area contributed by atoms with Crippen LogP contribution in [-0.4, -0.2) is 10.9 Å². The van der Waals surface area contributed by atoms with E-state index in [-0.39, 0.29) is 5.91 Å². The van der Waals surface area contributed by atoms with Gasteiger partial charge in [-0.2, -0.15) is 5.26 Å². The average Bonchev–Trinajstić information content (AvgIpc) is 2.77. The third kappa shape index (κ3) is 4.97. The normalized spacial score (nSPS) is 10.3. The number of aromatic nitrogens is 1. The summed E-state index contributed by atoms with van der Waals surface area (Å²) in [5.41, 5.74) is 4.99. The fraction of sp³-hybridized carbons (Fsp3) is 0.208. The van der Waals surface area contributed by atoms with E-state index in [0.717, 1.165) is 28.7 Å². The van der Waals surface area contributed by atoms with Gasteiger partial charge in [-0.3, -0.25) is 4.79 Å². The zero-order chi connectivity index (χ0) is 21.5. The molecule has 30 heavy (non-hydrogen) atoms. The molecule has 1 aromatic heterocycles. The van der Waals surface area contributed by atoms with Gasteiger partial charge < -0.3 is 10.6 Å². The van der Waals surface area contributed by atoms with Crippen LogP contribution in [0.3, 0.4) is 0 Å². The summed E-state index contributed by atoms with van der Waals surface area (Å²) in [4.78, 5) is 16.5. The summed E-state index contributed by atoms with van der Waals surface area (Å²) in [5.74, 6) is 0.522.